The van der Waals surface area contributed by atoms with E-state index in [1.165, 1.54) is 6.07 Å². The Hall–Kier alpha value is -2.97. The van der Waals surface area contributed by atoms with Gasteiger partial charge in [-0.3, -0.25) is 4.40 Å². The van der Waals surface area contributed by atoms with Crippen LogP contribution >= 0.6 is 0 Å². The van der Waals surface area contributed by atoms with Gasteiger partial charge in [0.05, 0.1) is 5.69 Å². The summed E-state index contributed by atoms with van der Waals surface area (Å²) in [6.07, 6.45) is -4.80. The second-order valence-electron chi connectivity index (χ2n) is 4.85. The van der Waals surface area contributed by atoms with Crippen molar-refractivity contribution in [3.63, 3.8) is 0 Å². The van der Waals surface area contributed by atoms with Gasteiger partial charge in [-0.05, 0) is 30.3 Å². The van der Waals surface area contributed by atoms with E-state index in [2.05, 4.69) is 4.98 Å². The lowest BCUT2D eigenvalue weighted by molar-refractivity contribution is -0.141. The Labute approximate surface area is 130 Å². The first-order valence-electron chi connectivity index (χ1n) is 6.47. The highest BCUT2D eigenvalue weighted by atomic mass is 19.4. The van der Waals surface area contributed by atoms with Crippen LogP contribution in [0.5, 0.6) is 0 Å². The second kappa shape index (κ2) is 5.29. The van der Waals surface area contributed by atoms with Crippen molar-refractivity contribution >= 4 is 11.6 Å². The van der Waals surface area contributed by atoms with Crippen molar-refractivity contribution in [1.82, 2.24) is 9.38 Å². The zero-order valence-corrected chi connectivity index (χ0v) is 11.6. The summed E-state index contributed by atoms with van der Waals surface area (Å²) < 4.78 is 66.8. The summed E-state index contributed by atoms with van der Waals surface area (Å²) in [5, 5.41) is 9.22. The first kappa shape index (κ1) is 15.9. The number of carbonyl (C=O) groups is 1. The van der Waals surface area contributed by atoms with E-state index >= 15 is 0 Å². The molecule has 1 aromatic carbocycles. The summed E-state index contributed by atoms with van der Waals surface area (Å²) in [5.41, 5.74) is -2.88. The molecular weight excluding hydrogens is 335 g/mol. The van der Waals surface area contributed by atoms with Crippen molar-refractivity contribution in [3.8, 4) is 11.3 Å². The number of pyridine rings is 1. The number of nitrogens with zero attached hydrogens (tertiary/aromatic N) is 2. The number of aromatic carboxylic acids is 1. The molecule has 24 heavy (non-hydrogen) atoms. The third kappa shape index (κ3) is 2.47. The maximum absolute atomic E-state index is 13.5. The van der Waals surface area contributed by atoms with E-state index in [1.807, 2.05) is 0 Å². The van der Waals surface area contributed by atoms with Gasteiger partial charge in [0.15, 0.2) is 17.3 Å². The lowest BCUT2D eigenvalue weighted by Crippen LogP contribution is -2.12. The zero-order valence-electron chi connectivity index (χ0n) is 11.6. The van der Waals surface area contributed by atoms with Crippen LogP contribution in [0.15, 0.2) is 36.4 Å². The van der Waals surface area contributed by atoms with Crippen LogP contribution in [0.2, 0.25) is 0 Å². The molecule has 0 atom stereocenters. The Kier molecular flexibility index (Phi) is 3.51. The molecule has 0 fully saturated rings. The van der Waals surface area contributed by atoms with Gasteiger partial charge < -0.3 is 5.11 Å². The molecule has 0 amide bonds. The molecular formula is C15H7F5N2O2. The Bertz CT molecular complexity index is 962. The average molecular weight is 342 g/mol. The molecule has 0 radical (unpaired) electrons. The van der Waals surface area contributed by atoms with Crippen LogP contribution in [0.3, 0.4) is 0 Å². The second-order valence-corrected chi connectivity index (χ2v) is 4.85. The maximum atomic E-state index is 13.5. The van der Waals surface area contributed by atoms with Crippen molar-refractivity contribution in [1.29, 1.82) is 0 Å². The highest BCUT2D eigenvalue weighted by Gasteiger charge is 2.35. The zero-order chi connectivity index (χ0) is 17.6. The number of aromatic nitrogens is 2. The molecule has 0 bridgehead atoms. The molecule has 4 nitrogen and oxygen atoms in total. The van der Waals surface area contributed by atoms with Crippen LogP contribution < -0.4 is 0 Å². The summed E-state index contributed by atoms with van der Waals surface area (Å²) in [6, 6.07) is 5.31. The standard InChI is InChI=1S/C15H7F5N2O2/c16-8-5-4-7(6-9(8)17)13-12(14(23)24)21-11-3-1-2-10(22(11)13)15(18,19)20/h1-6H,(H,23,24). The van der Waals surface area contributed by atoms with Crippen LogP contribution in [0.4, 0.5) is 22.0 Å². The summed E-state index contributed by atoms with van der Waals surface area (Å²) in [7, 11) is 0. The van der Waals surface area contributed by atoms with Crippen LogP contribution in [-0.2, 0) is 6.18 Å². The van der Waals surface area contributed by atoms with E-state index in [-0.39, 0.29) is 11.2 Å². The van der Waals surface area contributed by atoms with Crippen molar-refractivity contribution in [3.05, 3.63) is 59.4 Å². The van der Waals surface area contributed by atoms with E-state index in [0.717, 1.165) is 18.2 Å². The van der Waals surface area contributed by atoms with Crippen molar-refractivity contribution in [2.24, 2.45) is 0 Å². The molecule has 9 heteroatoms. The molecule has 124 valence electrons. The van der Waals surface area contributed by atoms with Gasteiger partial charge in [-0.2, -0.15) is 13.2 Å². The number of benzene rings is 1. The largest absolute Gasteiger partial charge is 0.476 e. The molecule has 0 aliphatic carbocycles. The van der Waals surface area contributed by atoms with E-state index in [9.17, 15) is 31.9 Å². The number of carboxylic acid groups (broad SMARTS) is 1. The molecule has 2 aromatic heterocycles. The Morgan fingerprint density at radius 2 is 1.79 bits per heavy atom. The number of hydrogen-bond acceptors (Lipinski definition) is 2. The van der Waals surface area contributed by atoms with Crippen LogP contribution in [0.25, 0.3) is 16.9 Å². The molecule has 2 heterocycles. The van der Waals surface area contributed by atoms with Crippen molar-refractivity contribution in [2.75, 3.05) is 0 Å². The SMILES string of the molecule is O=C(O)c1nc2cccc(C(F)(F)F)n2c1-c1ccc(F)c(F)c1. The van der Waals surface area contributed by atoms with Crippen LogP contribution in [0, 0.1) is 11.6 Å². The minimum Gasteiger partial charge on any atom is -0.476 e. The maximum Gasteiger partial charge on any atom is 0.431 e. The fourth-order valence-corrected chi connectivity index (χ4v) is 2.37. The highest BCUT2D eigenvalue weighted by molar-refractivity contribution is 5.94. The minimum atomic E-state index is -4.80. The molecule has 0 aliphatic heterocycles. The first-order valence-corrected chi connectivity index (χ1v) is 6.47. The molecule has 1 N–H and O–H groups in total. The summed E-state index contributed by atoms with van der Waals surface area (Å²) in [6.45, 7) is 0. The Morgan fingerprint density at radius 1 is 1.08 bits per heavy atom. The van der Waals surface area contributed by atoms with E-state index in [4.69, 9.17) is 0 Å². The van der Waals surface area contributed by atoms with Gasteiger partial charge in [-0.25, -0.2) is 18.6 Å². The number of rotatable bonds is 2. The fourth-order valence-electron chi connectivity index (χ4n) is 2.37. The summed E-state index contributed by atoms with van der Waals surface area (Å²) in [4.78, 5) is 15.0. The molecule has 0 aliphatic rings. The van der Waals surface area contributed by atoms with Crippen molar-refractivity contribution < 1.29 is 31.9 Å². The first-order chi connectivity index (χ1) is 11.2. The number of fused-ring (bicyclic) bond motifs is 1. The highest BCUT2D eigenvalue weighted by Crippen LogP contribution is 2.34. The van der Waals surface area contributed by atoms with Gasteiger partial charge in [0, 0.05) is 5.56 Å². The van der Waals surface area contributed by atoms with E-state index in [0.29, 0.717) is 16.5 Å². The Balaban J connectivity index is 2.45. The average Bonchev–Trinajstić information content (AvgIpc) is 2.88. The molecule has 0 saturated carbocycles. The molecule has 0 saturated heterocycles. The van der Waals surface area contributed by atoms with E-state index in [1.54, 1.807) is 0 Å². The number of imidazole rings is 1. The van der Waals surface area contributed by atoms with E-state index < -0.39 is 40.9 Å². The molecule has 0 spiro atoms. The number of alkyl halides is 3. The van der Waals surface area contributed by atoms with Gasteiger partial charge in [0.1, 0.15) is 11.3 Å². The van der Waals surface area contributed by atoms with Crippen LogP contribution in [-0.4, -0.2) is 20.5 Å². The monoisotopic (exact) mass is 342 g/mol. The molecule has 0 unspecified atom stereocenters. The smallest absolute Gasteiger partial charge is 0.431 e. The van der Waals surface area contributed by atoms with Gasteiger partial charge in [-0.15, -0.1) is 0 Å². The van der Waals surface area contributed by atoms with Gasteiger partial charge >= 0.3 is 12.1 Å². The predicted molar refractivity (Wildman–Crippen MR) is 72.5 cm³/mol. The van der Waals surface area contributed by atoms with Crippen LogP contribution in [0.1, 0.15) is 16.2 Å². The quantitative estimate of drug-likeness (QED) is 0.717. The predicted octanol–water partition coefficient (Wildman–Crippen LogP) is 4.00. The normalized spacial score (nSPS) is 11.9. The summed E-state index contributed by atoms with van der Waals surface area (Å²) in [5.74, 6) is -4.12. The molecule has 3 rings (SSSR count). The number of halogens is 5. The fraction of sp³-hybridized carbons (Fsp3) is 0.0667. The number of carboxylic acids is 1. The third-order valence-corrected chi connectivity index (χ3v) is 3.33. The summed E-state index contributed by atoms with van der Waals surface area (Å²) >= 11 is 0. The Morgan fingerprint density at radius 3 is 2.38 bits per heavy atom. The topological polar surface area (TPSA) is 54.6 Å². The van der Waals surface area contributed by atoms with Gasteiger partial charge in [0.2, 0.25) is 0 Å². The third-order valence-electron chi connectivity index (χ3n) is 3.33. The van der Waals surface area contributed by atoms with Gasteiger partial charge in [0.25, 0.3) is 0 Å². The van der Waals surface area contributed by atoms with Crippen molar-refractivity contribution in [2.45, 2.75) is 6.18 Å². The lowest BCUT2D eigenvalue weighted by atomic mass is 10.1. The van der Waals surface area contributed by atoms with Gasteiger partial charge in [-0.1, -0.05) is 6.07 Å². The number of hydrogen-bond donors (Lipinski definition) is 1. The minimum absolute atomic E-state index is 0.240. The molecule has 3 aromatic rings. The lowest BCUT2D eigenvalue weighted by Gasteiger charge is -2.12.